The third-order valence-electron chi connectivity index (χ3n) is 1.39. The van der Waals surface area contributed by atoms with Crippen molar-refractivity contribution in [2.45, 2.75) is 17.9 Å². The van der Waals surface area contributed by atoms with E-state index in [9.17, 15) is 0 Å². The lowest BCUT2D eigenvalue weighted by atomic mass is 10.3. The maximum absolute atomic E-state index is 5.78. The van der Waals surface area contributed by atoms with Crippen LogP contribution in [0.2, 0.25) is 0 Å². The molecule has 0 aromatic rings. The molecule has 0 fully saturated rings. The standard InChI is InChI=1S/C7H8Cl3NO/c8-4-7(10)11-12-6-2-1-5(9)3-6/h1-2,5-6H,3-4H2. The van der Waals surface area contributed by atoms with E-state index in [0.717, 1.165) is 6.42 Å². The second-order valence-corrected chi connectivity index (χ2v) is 3.65. The summed E-state index contributed by atoms with van der Waals surface area (Å²) in [5.74, 6) is 0.169. The van der Waals surface area contributed by atoms with E-state index in [1.54, 1.807) is 0 Å². The van der Waals surface area contributed by atoms with Crippen molar-refractivity contribution in [2.75, 3.05) is 5.88 Å². The maximum atomic E-state index is 5.78. The van der Waals surface area contributed by atoms with E-state index >= 15 is 0 Å². The van der Waals surface area contributed by atoms with Crippen LogP contribution in [0.4, 0.5) is 0 Å². The zero-order valence-electron chi connectivity index (χ0n) is 6.21. The molecule has 0 radical (unpaired) electrons. The summed E-state index contributed by atoms with van der Waals surface area (Å²) in [5.41, 5.74) is 0. The van der Waals surface area contributed by atoms with E-state index in [1.165, 1.54) is 0 Å². The van der Waals surface area contributed by atoms with Crippen molar-refractivity contribution in [3.05, 3.63) is 12.2 Å². The Morgan fingerprint density at radius 2 is 2.33 bits per heavy atom. The summed E-state index contributed by atoms with van der Waals surface area (Å²) >= 11 is 16.7. The second-order valence-electron chi connectivity index (χ2n) is 2.38. The van der Waals surface area contributed by atoms with Crippen LogP contribution in [0, 0.1) is 0 Å². The fourth-order valence-corrected chi connectivity index (χ4v) is 1.20. The minimum absolute atomic E-state index is 0.0416. The number of rotatable bonds is 3. The molecule has 2 atom stereocenters. The molecular formula is C7H8Cl3NO. The molecule has 0 N–H and O–H groups in total. The summed E-state index contributed by atoms with van der Waals surface area (Å²) in [7, 11) is 0. The number of nitrogens with zero attached hydrogens (tertiary/aromatic N) is 1. The van der Waals surface area contributed by atoms with Crippen molar-refractivity contribution >= 4 is 40.0 Å². The fraction of sp³-hybridized carbons (Fsp3) is 0.571. The minimum Gasteiger partial charge on any atom is -0.387 e. The van der Waals surface area contributed by atoms with Gasteiger partial charge in [-0.1, -0.05) is 22.8 Å². The zero-order chi connectivity index (χ0) is 8.97. The lowest BCUT2D eigenvalue weighted by Crippen LogP contribution is -2.06. The Hall–Kier alpha value is 0.0800. The average Bonchev–Trinajstić information content (AvgIpc) is 2.47. The topological polar surface area (TPSA) is 21.6 Å². The molecule has 2 nitrogen and oxygen atoms in total. The third kappa shape index (κ3) is 3.21. The summed E-state index contributed by atoms with van der Waals surface area (Å²) in [4.78, 5) is 5.03. The number of allylic oxidation sites excluding steroid dienone is 1. The summed E-state index contributed by atoms with van der Waals surface area (Å²) in [5, 5.41) is 3.89. The van der Waals surface area contributed by atoms with Crippen LogP contribution < -0.4 is 0 Å². The summed E-state index contributed by atoms with van der Waals surface area (Å²) in [6, 6.07) is 0. The average molecular weight is 229 g/mol. The summed E-state index contributed by atoms with van der Waals surface area (Å²) < 4.78 is 0. The van der Waals surface area contributed by atoms with Crippen molar-refractivity contribution in [1.82, 2.24) is 0 Å². The van der Waals surface area contributed by atoms with E-state index in [4.69, 9.17) is 39.6 Å². The molecular weight excluding hydrogens is 220 g/mol. The van der Waals surface area contributed by atoms with Gasteiger partial charge in [0.2, 0.25) is 0 Å². The van der Waals surface area contributed by atoms with Crippen LogP contribution in [0.25, 0.3) is 0 Å². The fourth-order valence-electron chi connectivity index (χ4n) is 0.851. The number of hydrogen-bond acceptors (Lipinski definition) is 2. The first-order valence-corrected chi connectivity index (χ1v) is 4.84. The van der Waals surface area contributed by atoms with E-state index in [1.807, 2.05) is 12.2 Å². The molecule has 0 saturated heterocycles. The molecule has 2 unspecified atom stereocenters. The first kappa shape index (κ1) is 10.2. The number of hydrogen-bond donors (Lipinski definition) is 0. The lowest BCUT2D eigenvalue weighted by molar-refractivity contribution is 0.0937. The number of oxime groups is 1. The van der Waals surface area contributed by atoms with Crippen LogP contribution in [0.15, 0.2) is 17.3 Å². The highest BCUT2D eigenvalue weighted by molar-refractivity contribution is 6.69. The van der Waals surface area contributed by atoms with Gasteiger partial charge in [-0.3, -0.25) is 0 Å². The van der Waals surface area contributed by atoms with E-state index in [-0.39, 0.29) is 22.5 Å². The molecule has 12 heavy (non-hydrogen) atoms. The molecule has 0 bridgehead atoms. The van der Waals surface area contributed by atoms with Gasteiger partial charge in [-0.15, -0.1) is 23.2 Å². The minimum atomic E-state index is -0.0653. The Balaban J connectivity index is 2.29. The van der Waals surface area contributed by atoms with Gasteiger partial charge in [0.05, 0.1) is 11.3 Å². The predicted molar refractivity (Wildman–Crippen MR) is 52.3 cm³/mol. The van der Waals surface area contributed by atoms with Crippen molar-refractivity contribution in [3.8, 4) is 0 Å². The first-order chi connectivity index (χ1) is 5.72. The van der Waals surface area contributed by atoms with Gasteiger partial charge >= 0.3 is 0 Å². The second kappa shape index (κ2) is 4.95. The predicted octanol–water partition coefficient (Wildman–Crippen LogP) is 2.73. The monoisotopic (exact) mass is 227 g/mol. The number of alkyl halides is 2. The van der Waals surface area contributed by atoms with E-state index < -0.39 is 0 Å². The molecule has 1 rings (SSSR count). The van der Waals surface area contributed by atoms with Crippen LogP contribution in [-0.2, 0) is 4.84 Å². The van der Waals surface area contributed by atoms with Gasteiger partial charge in [0.25, 0.3) is 0 Å². The molecule has 1 aliphatic rings. The van der Waals surface area contributed by atoms with Gasteiger partial charge < -0.3 is 4.84 Å². The molecule has 0 aromatic heterocycles. The molecule has 0 spiro atoms. The van der Waals surface area contributed by atoms with E-state index in [0.29, 0.717) is 0 Å². The van der Waals surface area contributed by atoms with Crippen molar-refractivity contribution < 1.29 is 4.84 Å². The highest BCUT2D eigenvalue weighted by Gasteiger charge is 2.17. The van der Waals surface area contributed by atoms with Gasteiger partial charge in [-0.2, -0.15) is 0 Å². The van der Waals surface area contributed by atoms with Gasteiger partial charge in [0.1, 0.15) is 6.10 Å². The summed E-state index contributed by atoms with van der Waals surface area (Å²) in [6.45, 7) is 0. The quantitative estimate of drug-likeness (QED) is 0.315. The molecule has 5 heteroatoms. The van der Waals surface area contributed by atoms with Crippen LogP contribution in [0.5, 0.6) is 0 Å². The Labute approximate surface area is 86.1 Å². The van der Waals surface area contributed by atoms with Crippen molar-refractivity contribution in [1.29, 1.82) is 0 Å². The van der Waals surface area contributed by atoms with Crippen LogP contribution in [-0.4, -0.2) is 22.5 Å². The number of halogens is 3. The zero-order valence-corrected chi connectivity index (χ0v) is 8.48. The lowest BCUT2D eigenvalue weighted by Gasteiger charge is -2.05. The Bertz CT molecular complexity index is 205. The van der Waals surface area contributed by atoms with Gasteiger partial charge in [-0.25, -0.2) is 0 Å². The van der Waals surface area contributed by atoms with Crippen LogP contribution in [0.3, 0.4) is 0 Å². The Kier molecular flexibility index (Phi) is 4.19. The molecule has 0 aliphatic heterocycles. The van der Waals surface area contributed by atoms with Crippen molar-refractivity contribution in [3.63, 3.8) is 0 Å². The van der Waals surface area contributed by atoms with Gasteiger partial charge in [0.15, 0.2) is 5.17 Å². The molecule has 0 amide bonds. The smallest absolute Gasteiger partial charge is 0.160 e. The SMILES string of the molecule is ClCC(Cl)=NOC1C=CC(Cl)C1. The molecule has 68 valence electrons. The maximum Gasteiger partial charge on any atom is 0.160 e. The largest absolute Gasteiger partial charge is 0.387 e. The molecule has 0 heterocycles. The molecule has 0 saturated carbocycles. The normalized spacial score (nSPS) is 29.4. The first-order valence-electron chi connectivity index (χ1n) is 3.49. The van der Waals surface area contributed by atoms with Crippen LogP contribution in [0.1, 0.15) is 6.42 Å². The highest BCUT2D eigenvalue weighted by Crippen LogP contribution is 2.19. The van der Waals surface area contributed by atoms with Gasteiger partial charge in [0, 0.05) is 6.42 Å². The van der Waals surface area contributed by atoms with Crippen molar-refractivity contribution in [2.24, 2.45) is 5.16 Å². The molecule has 0 aromatic carbocycles. The third-order valence-corrected chi connectivity index (χ3v) is 2.31. The van der Waals surface area contributed by atoms with Crippen LogP contribution >= 0.6 is 34.8 Å². The molecule has 1 aliphatic carbocycles. The summed E-state index contributed by atoms with van der Waals surface area (Å²) in [6.07, 6.45) is 4.40. The highest BCUT2D eigenvalue weighted by atomic mass is 35.5. The van der Waals surface area contributed by atoms with E-state index in [2.05, 4.69) is 5.16 Å². The Morgan fingerprint density at radius 3 is 2.83 bits per heavy atom. The van der Waals surface area contributed by atoms with Gasteiger partial charge in [-0.05, 0) is 6.08 Å². The Morgan fingerprint density at radius 1 is 1.58 bits per heavy atom.